The fourth-order valence-electron chi connectivity index (χ4n) is 2.20. The lowest BCUT2D eigenvalue weighted by Crippen LogP contribution is -1.88. The summed E-state index contributed by atoms with van der Waals surface area (Å²) in [5.41, 5.74) is 22.9. The quantitative estimate of drug-likeness (QED) is 0.503. The van der Waals surface area contributed by atoms with Gasteiger partial charge in [-0.15, -0.1) is 0 Å². The first-order valence-electron chi connectivity index (χ1n) is 9.33. The standard InChI is InChI=1S/C9H13N.C8H11N.C7H9N/c1-7(2)8-3-5-9(10)6-4-8;1-2-7-3-5-8(9)6-4-7;1-6-2-4-7(8)5-3-6/h3-7H,10H2,1-2H3;3-6H,2,9H2,1H3;2-5H,8H2,1H3. The normalized spacial score (nSPS) is 9.67. The van der Waals surface area contributed by atoms with E-state index in [9.17, 15) is 0 Å². The van der Waals surface area contributed by atoms with Crippen LogP contribution in [0.1, 0.15) is 43.4 Å². The molecule has 0 aliphatic rings. The maximum Gasteiger partial charge on any atom is 0.0314 e. The van der Waals surface area contributed by atoms with Crippen molar-refractivity contribution in [1.29, 1.82) is 0 Å². The molecule has 3 rings (SSSR count). The van der Waals surface area contributed by atoms with Gasteiger partial charge in [-0.3, -0.25) is 0 Å². The van der Waals surface area contributed by atoms with Crippen LogP contribution in [0.4, 0.5) is 17.1 Å². The molecule has 0 saturated heterocycles. The summed E-state index contributed by atoms with van der Waals surface area (Å²) in [5.74, 6) is 0.598. The van der Waals surface area contributed by atoms with Gasteiger partial charge < -0.3 is 17.2 Å². The van der Waals surface area contributed by atoms with Crippen molar-refractivity contribution in [2.45, 2.75) is 40.0 Å². The van der Waals surface area contributed by atoms with Crippen LogP contribution in [0.5, 0.6) is 0 Å². The van der Waals surface area contributed by atoms with E-state index in [1.807, 2.05) is 55.5 Å². The van der Waals surface area contributed by atoms with Gasteiger partial charge in [0.25, 0.3) is 0 Å². The fourth-order valence-corrected chi connectivity index (χ4v) is 2.20. The third kappa shape index (κ3) is 9.36. The Kier molecular flexibility index (Phi) is 9.52. The molecule has 27 heavy (non-hydrogen) atoms. The Bertz CT molecular complexity index is 737. The van der Waals surface area contributed by atoms with Gasteiger partial charge in [0.15, 0.2) is 0 Å². The van der Waals surface area contributed by atoms with E-state index in [1.165, 1.54) is 16.7 Å². The molecule has 0 radical (unpaired) electrons. The molecule has 0 aromatic heterocycles. The zero-order valence-electron chi connectivity index (χ0n) is 16.9. The Balaban J connectivity index is 0.000000204. The lowest BCUT2D eigenvalue weighted by molar-refractivity contribution is 0.867. The van der Waals surface area contributed by atoms with Crippen molar-refractivity contribution in [3.8, 4) is 0 Å². The van der Waals surface area contributed by atoms with Crippen LogP contribution in [0.15, 0.2) is 72.8 Å². The van der Waals surface area contributed by atoms with Crippen molar-refractivity contribution in [3.05, 3.63) is 89.5 Å². The topological polar surface area (TPSA) is 78.1 Å². The van der Waals surface area contributed by atoms with Gasteiger partial charge in [0.1, 0.15) is 0 Å². The summed E-state index contributed by atoms with van der Waals surface area (Å²) in [6, 6.07) is 23.8. The minimum absolute atomic E-state index is 0.598. The van der Waals surface area contributed by atoms with Gasteiger partial charge in [-0.2, -0.15) is 0 Å². The number of rotatable bonds is 2. The largest absolute Gasteiger partial charge is 0.399 e. The summed E-state index contributed by atoms with van der Waals surface area (Å²) >= 11 is 0. The molecule has 0 aliphatic carbocycles. The molecule has 3 nitrogen and oxygen atoms in total. The average molecular weight is 364 g/mol. The summed E-state index contributed by atoms with van der Waals surface area (Å²) in [7, 11) is 0. The second-order valence-electron chi connectivity index (χ2n) is 6.83. The van der Waals surface area contributed by atoms with E-state index < -0.39 is 0 Å². The number of hydrogen-bond donors (Lipinski definition) is 3. The molecule has 3 heteroatoms. The Morgan fingerprint density at radius 2 is 1.00 bits per heavy atom. The van der Waals surface area contributed by atoms with Crippen molar-refractivity contribution in [2.24, 2.45) is 0 Å². The third-order valence-corrected chi connectivity index (χ3v) is 4.07. The molecule has 0 saturated carbocycles. The lowest BCUT2D eigenvalue weighted by Gasteiger charge is -2.03. The van der Waals surface area contributed by atoms with Crippen molar-refractivity contribution in [3.63, 3.8) is 0 Å². The van der Waals surface area contributed by atoms with E-state index in [-0.39, 0.29) is 0 Å². The van der Waals surface area contributed by atoms with E-state index >= 15 is 0 Å². The van der Waals surface area contributed by atoms with Crippen LogP contribution >= 0.6 is 0 Å². The molecule has 0 aliphatic heterocycles. The van der Waals surface area contributed by atoms with E-state index in [2.05, 4.69) is 45.0 Å². The van der Waals surface area contributed by atoms with Crippen LogP contribution in [0.2, 0.25) is 0 Å². The molecule has 0 amide bonds. The summed E-state index contributed by atoms with van der Waals surface area (Å²) in [6.45, 7) is 8.52. The first kappa shape index (κ1) is 22.1. The van der Waals surface area contributed by atoms with E-state index in [4.69, 9.17) is 17.2 Å². The highest BCUT2D eigenvalue weighted by Crippen LogP contribution is 2.14. The predicted octanol–water partition coefficient (Wildman–Crippen LogP) is 5.80. The van der Waals surface area contributed by atoms with Crippen molar-refractivity contribution < 1.29 is 0 Å². The maximum atomic E-state index is 5.53. The van der Waals surface area contributed by atoms with Crippen LogP contribution in [0.25, 0.3) is 0 Å². The van der Waals surface area contributed by atoms with Gasteiger partial charge in [0.05, 0.1) is 0 Å². The molecule has 6 N–H and O–H groups in total. The molecule has 3 aromatic rings. The zero-order chi connectivity index (χ0) is 20.2. The second-order valence-corrected chi connectivity index (χ2v) is 6.83. The molecule has 3 aromatic carbocycles. The van der Waals surface area contributed by atoms with Crippen molar-refractivity contribution >= 4 is 17.1 Å². The number of aryl methyl sites for hydroxylation is 2. The first-order valence-corrected chi connectivity index (χ1v) is 9.33. The Labute approximate surface area is 164 Å². The lowest BCUT2D eigenvalue weighted by atomic mass is 10.0. The SMILES string of the molecule is CC(C)c1ccc(N)cc1.CCc1ccc(N)cc1.Cc1ccc(N)cc1. The summed E-state index contributed by atoms with van der Waals surface area (Å²) in [5, 5.41) is 0. The fraction of sp³-hybridized carbons (Fsp3) is 0.250. The van der Waals surface area contributed by atoms with Gasteiger partial charge >= 0.3 is 0 Å². The van der Waals surface area contributed by atoms with Gasteiger partial charge in [0, 0.05) is 17.1 Å². The van der Waals surface area contributed by atoms with Crippen LogP contribution in [-0.2, 0) is 6.42 Å². The molecule has 0 heterocycles. The monoisotopic (exact) mass is 363 g/mol. The minimum Gasteiger partial charge on any atom is -0.399 e. The van der Waals surface area contributed by atoms with Crippen molar-refractivity contribution in [2.75, 3.05) is 17.2 Å². The Morgan fingerprint density at radius 1 is 0.630 bits per heavy atom. The molecule has 144 valence electrons. The third-order valence-electron chi connectivity index (χ3n) is 4.07. The molecule has 0 atom stereocenters. The zero-order valence-corrected chi connectivity index (χ0v) is 16.9. The highest BCUT2D eigenvalue weighted by atomic mass is 14.5. The number of nitrogen functional groups attached to an aromatic ring is 3. The first-order chi connectivity index (χ1) is 12.8. The molecule has 0 fully saturated rings. The highest BCUT2D eigenvalue weighted by molar-refractivity contribution is 5.40. The number of benzene rings is 3. The molecule has 0 bridgehead atoms. The Morgan fingerprint density at radius 3 is 1.33 bits per heavy atom. The van der Waals surface area contributed by atoms with Gasteiger partial charge in [-0.1, -0.05) is 62.7 Å². The van der Waals surface area contributed by atoms with Gasteiger partial charge in [0.2, 0.25) is 0 Å². The predicted molar refractivity (Wildman–Crippen MR) is 121 cm³/mol. The summed E-state index contributed by atoms with van der Waals surface area (Å²) in [4.78, 5) is 0. The van der Waals surface area contributed by atoms with E-state index in [1.54, 1.807) is 0 Å². The number of nitrogens with two attached hydrogens (primary N) is 3. The van der Waals surface area contributed by atoms with Crippen LogP contribution in [0, 0.1) is 6.92 Å². The Hall–Kier alpha value is -2.94. The van der Waals surface area contributed by atoms with E-state index in [0.717, 1.165) is 23.5 Å². The van der Waals surface area contributed by atoms with Crippen LogP contribution < -0.4 is 17.2 Å². The number of anilines is 3. The smallest absolute Gasteiger partial charge is 0.0314 e. The van der Waals surface area contributed by atoms with Gasteiger partial charge in [-0.05, 0) is 66.8 Å². The molecular weight excluding hydrogens is 330 g/mol. The summed E-state index contributed by atoms with van der Waals surface area (Å²) in [6.07, 6.45) is 1.08. The van der Waals surface area contributed by atoms with Crippen molar-refractivity contribution in [1.82, 2.24) is 0 Å². The molecule has 0 unspecified atom stereocenters. The molecular formula is C24H33N3. The average Bonchev–Trinajstić information content (AvgIpc) is 2.66. The minimum atomic E-state index is 0.598. The number of hydrogen-bond acceptors (Lipinski definition) is 3. The van der Waals surface area contributed by atoms with Crippen LogP contribution in [-0.4, -0.2) is 0 Å². The maximum absolute atomic E-state index is 5.53. The van der Waals surface area contributed by atoms with Gasteiger partial charge in [-0.25, -0.2) is 0 Å². The highest BCUT2D eigenvalue weighted by Gasteiger charge is 1.95. The molecule has 0 spiro atoms. The van der Waals surface area contributed by atoms with Crippen LogP contribution in [0.3, 0.4) is 0 Å². The van der Waals surface area contributed by atoms with E-state index in [0.29, 0.717) is 5.92 Å². The second kappa shape index (κ2) is 11.6. The summed E-state index contributed by atoms with van der Waals surface area (Å²) < 4.78 is 0.